The molecule has 0 aliphatic carbocycles. The van der Waals surface area contributed by atoms with E-state index in [4.69, 9.17) is 21.1 Å². The van der Waals surface area contributed by atoms with Gasteiger partial charge in [-0.2, -0.15) is 5.26 Å². The number of carbonyl (C=O) groups excluding carboxylic acids is 1. The summed E-state index contributed by atoms with van der Waals surface area (Å²) in [5.74, 6) is -0.343. The second-order valence-corrected chi connectivity index (χ2v) is 6.98. The van der Waals surface area contributed by atoms with Gasteiger partial charge in [0, 0.05) is 18.7 Å². The van der Waals surface area contributed by atoms with Crippen LogP contribution in [0, 0.1) is 17.1 Å². The Morgan fingerprint density at radius 3 is 2.79 bits per heavy atom. The molecule has 1 unspecified atom stereocenters. The van der Waals surface area contributed by atoms with E-state index in [1.165, 1.54) is 18.2 Å². The summed E-state index contributed by atoms with van der Waals surface area (Å²) >= 11 is 5.99. The first-order valence-electron chi connectivity index (χ1n) is 9.24. The van der Waals surface area contributed by atoms with Crippen LogP contribution in [-0.4, -0.2) is 25.2 Å². The quantitative estimate of drug-likeness (QED) is 0.542. The van der Waals surface area contributed by atoms with Crippen molar-refractivity contribution in [1.29, 1.82) is 5.26 Å². The van der Waals surface area contributed by atoms with Crippen LogP contribution < -0.4 is 10.1 Å². The first-order chi connectivity index (χ1) is 14.1. The van der Waals surface area contributed by atoms with Crippen LogP contribution in [0.3, 0.4) is 0 Å². The topological polar surface area (TPSA) is 71.3 Å². The number of hydrogen-bond acceptors (Lipinski definition) is 4. The number of nitrogens with one attached hydrogen (secondary N) is 1. The molecular formula is C22H20ClFN2O3. The largest absolute Gasteiger partial charge is 0.489 e. The maximum absolute atomic E-state index is 13.8. The van der Waals surface area contributed by atoms with Crippen molar-refractivity contribution in [3.63, 3.8) is 0 Å². The van der Waals surface area contributed by atoms with Gasteiger partial charge in [0.2, 0.25) is 0 Å². The Kier molecular flexibility index (Phi) is 7.23. The van der Waals surface area contributed by atoms with Crippen LogP contribution in [0.25, 0.3) is 6.08 Å². The predicted octanol–water partition coefficient (Wildman–Crippen LogP) is 4.26. The zero-order chi connectivity index (χ0) is 20.6. The average molecular weight is 415 g/mol. The Morgan fingerprint density at radius 1 is 1.34 bits per heavy atom. The molecule has 1 aliphatic rings. The van der Waals surface area contributed by atoms with Crippen LogP contribution in [0.2, 0.25) is 5.02 Å². The van der Waals surface area contributed by atoms with Crippen molar-refractivity contribution < 1.29 is 18.7 Å². The van der Waals surface area contributed by atoms with Crippen molar-refractivity contribution in [3.8, 4) is 11.8 Å². The fourth-order valence-electron chi connectivity index (χ4n) is 2.91. The molecule has 1 heterocycles. The van der Waals surface area contributed by atoms with E-state index in [-0.39, 0.29) is 23.8 Å². The summed E-state index contributed by atoms with van der Waals surface area (Å²) in [5, 5.41) is 12.3. The molecule has 1 fully saturated rings. The average Bonchev–Trinajstić information content (AvgIpc) is 3.24. The molecule has 2 aromatic rings. The van der Waals surface area contributed by atoms with Crippen LogP contribution in [0.15, 0.2) is 48.0 Å². The Balaban J connectivity index is 1.59. The summed E-state index contributed by atoms with van der Waals surface area (Å²) in [7, 11) is 0. The van der Waals surface area contributed by atoms with Gasteiger partial charge in [0.1, 0.15) is 29.8 Å². The lowest BCUT2D eigenvalue weighted by Gasteiger charge is -2.10. The van der Waals surface area contributed by atoms with E-state index in [0.29, 0.717) is 29.5 Å². The van der Waals surface area contributed by atoms with E-state index in [0.717, 1.165) is 12.8 Å². The van der Waals surface area contributed by atoms with E-state index in [9.17, 15) is 14.4 Å². The fraction of sp³-hybridized carbons (Fsp3) is 0.273. The fourth-order valence-corrected chi connectivity index (χ4v) is 3.13. The monoisotopic (exact) mass is 414 g/mol. The molecule has 0 radical (unpaired) electrons. The SMILES string of the molecule is N#C/C(=C\c1ccc(OCc2c(F)cccc2Cl)cc1)C(=O)NCC1CCCO1. The van der Waals surface area contributed by atoms with Gasteiger partial charge in [-0.25, -0.2) is 4.39 Å². The third-order valence-electron chi connectivity index (χ3n) is 4.52. The molecule has 1 amide bonds. The molecular weight excluding hydrogens is 395 g/mol. The van der Waals surface area contributed by atoms with Crippen molar-refractivity contribution in [2.24, 2.45) is 0 Å². The summed E-state index contributed by atoms with van der Waals surface area (Å²) in [6, 6.07) is 13.2. The maximum Gasteiger partial charge on any atom is 0.262 e. The summed E-state index contributed by atoms with van der Waals surface area (Å²) in [5.41, 5.74) is 0.965. The molecule has 29 heavy (non-hydrogen) atoms. The standard InChI is InChI=1S/C22H20ClFN2O3/c23-20-4-1-5-21(24)19(20)14-29-17-8-6-15(7-9-17)11-16(12-25)22(27)26-13-18-3-2-10-28-18/h1,4-9,11,18H,2-3,10,13-14H2,(H,26,27)/b16-11+. The molecule has 1 N–H and O–H groups in total. The highest BCUT2D eigenvalue weighted by Crippen LogP contribution is 2.22. The third kappa shape index (κ3) is 5.80. The first-order valence-corrected chi connectivity index (χ1v) is 9.62. The van der Waals surface area contributed by atoms with Gasteiger partial charge in [-0.3, -0.25) is 4.79 Å². The van der Waals surface area contributed by atoms with Crippen molar-refractivity contribution in [2.45, 2.75) is 25.6 Å². The highest BCUT2D eigenvalue weighted by molar-refractivity contribution is 6.31. The summed E-state index contributed by atoms with van der Waals surface area (Å²) in [6.45, 7) is 1.10. The predicted molar refractivity (Wildman–Crippen MR) is 108 cm³/mol. The third-order valence-corrected chi connectivity index (χ3v) is 4.87. The van der Waals surface area contributed by atoms with Gasteiger partial charge in [0.25, 0.3) is 5.91 Å². The van der Waals surface area contributed by atoms with E-state index >= 15 is 0 Å². The van der Waals surface area contributed by atoms with Crippen molar-refractivity contribution in [2.75, 3.05) is 13.2 Å². The van der Waals surface area contributed by atoms with Gasteiger partial charge < -0.3 is 14.8 Å². The molecule has 2 aromatic carbocycles. The van der Waals surface area contributed by atoms with Crippen LogP contribution in [0.5, 0.6) is 5.75 Å². The van der Waals surface area contributed by atoms with Crippen LogP contribution in [0.4, 0.5) is 4.39 Å². The molecule has 5 nitrogen and oxygen atoms in total. The minimum atomic E-state index is -0.433. The number of carbonyl (C=O) groups is 1. The van der Waals surface area contributed by atoms with Crippen molar-refractivity contribution in [1.82, 2.24) is 5.32 Å². The smallest absolute Gasteiger partial charge is 0.262 e. The lowest BCUT2D eigenvalue weighted by atomic mass is 10.1. The van der Waals surface area contributed by atoms with Crippen molar-refractivity contribution in [3.05, 3.63) is 70.0 Å². The summed E-state index contributed by atoms with van der Waals surface area (Å²) < 4.78 is 24.8. The molecule has 0 spiro atoms. The van der Waals surface area contributed by atoms with Crippen LogP contribution >= 0.6 is 11.6 Å². The summed E-state index contributed by atoms with van der Waals surface area (Å²) in [6.07, 6.45) is 3.41. The van der Waals surface area contributed by atoms with Gasteiger partial charge in [-0.15, -0.1) is 0 Å². The maximum atomic E-state index is 13.8. The van der Waals surface area contributed by atoms with Crippen molar-refractivity contribution >= 4 is 23.6 Å². The van der Waals surface area contributed by atoms with E-state index in [1.54, 1.807) is 30.3 Å². The Labute approximate surface area is 173 Å². The molecule has 150 valence electrons. The Morgan fingerprint density at radius 2 is 2.14 bits per heavy atom. The lowest BCUT2D eigenvalue weighted by Crippen LogP contribution is -2.32. The summed E-state index contributed by atoms with van der Waals surface area (Å²) in [4.78, 5) is 12.2. The molecule has 1 atom stereocenters. The number of nitrogens with zero attached hydrogens (tertiary/aromatic N) is 1. The molecule has 0 aromatic heterocycles. The number of halogens is 2. The number of rotatable bonds is 7. The first kappa shape index (κ1) is 20.8. The van der Waals surface area contributed by atoms with Gasteiger partial charge in [0.15, 0.2) is 0 Å². The molecule has 3 rings (SSSR count). The zero-order valence-electron chi connectivity index (χ0n) is 15.7. The van der Waals surface area contributed by atoms with E-state index < -0.39 is 11.7 Å². The number of ether oxygens (including phenoxy) is 2. The normalized spacial score (nSPS) is 16.3. The zero-order valence-corrected chi connectivity index (χ0v) is 16.4. The minimum absolute atomic E-state index is 0.00418. The van der Waals surface area contributed by atoms with E-state index in [2.05, 4.69) is 5.32 Å². The Hall–Kier alpha value is -2.88. The van der Waals surface area contributed by atoms with Gasteiger partial charge in [-0.05, 0) is 48.7 Å². The van der Waals surface area contributed by atoms with Crippen LogP contribution in [-0.2, 0) is 16.1 Å². The second kappa shape index (κ2) is 10.1. The molecule has 0 saturated carbocycles. The van der Waals surface area contributed by atoms with Gasteiger partial charge in [0.05, 0.1) is 11.1 Å². The second-order valence-electron chi connectivity index (χ2n) is 6.57. The Bertz CT molecular complexity index is 912. The lowest BCUT2D eigenvalue weighted by molar-refractivity contribution is -0.117. The number of amides is 1. The van der Waals surface area contributed by atoms with Crippen LogP contribution in [0.1, 0.15) is 24.0 Å². The number of nitriles is 1. The van der Waals surface area contributed by atoms with Gasteiger partial charge >= 0.3 is 0 Å². The molecule has 1 aliphatic heterocycles. The molecule has 0 bridgehead atoms. The minimum Gasteiger partial charge on any atom is -0.489 e. The highest BCUT2D eigenvalue weighted by Gasteiger charge is 2.17. The van der Waals surface area contributed by atoms with E-state index in [1.807, 2.05) is 6.07 Å². The van der Waals surface area contributed by atoms with Gasteiger partial charge in [-0.1, -0.05) is 29.8 Å². The highest BCUT2D eigenvalue weighted by atomic mass is 35.5. The molecule has 7 heteroatoms. The molecule has 1 saturated heterocycles. The number of hydrogen-bond donors (Lipinski definition) is 1. The number of benzene rings is 2.